The summed E-state index contributed by atoms with van der Waals surface area (Å²) in [5.41, 5.74) is 6.59. The van der Waals surface area contributed by atoms with Gasteiger partial charge in [0, 0.05) is 61.3 Å². The Hall–Kier alpha value is -5.58. The quantitative estimate of drug-likeness (QED) is 0.132. The average Bonchev–Trinajstić information content (AvgIpc) is 3.83. The zero-order chi connectivity index (χ0) is 47.0. The third-order valence-electron chi connectivity index (χ3n) is 12.2. The van der Waals surface area contributed by atoms with Crippen molar-refractivity contribution in [2.45, 2.75) is 101 Å². The molecule has 2 aromatic rings. The number of primary amides is 1. The second kappa shape index (κ2) is 21.9. The van der Waals surface area contributed by atoms with Gasteiger partial charge in [0.1, 0.15) is 17.8 Å². The van der Waals surface area contributed by atoms with E-state index in [1.54, 1.807) is 32.0 Å². The fourth-order valence-corrected chi connectivity index (χ4v) is 9.39. The van der Waals surface area contributed by atoms with Crippen molar-refractivity contribution in [1.29, 1.82) is 0 Å². The predicted molar refractivity (Wildman–Crippen MR) is 229 cm³/mol. The minimum Gasteiger partial charge on any atom is -0.497 e. The summed E-state index contributed by atoms with van der Waals surface area (Å²) in [6.07, 6.45) is -4.78. The van der Waals surface area contributed by atoms with E-state index in [0.717, 1.165) is 16.7 Å². The number of hydrogen-bond acceptors (Lipinski definition) is 14. The molecular formula is C42H58N8O13S. The van der Waals surface area contributed by atoms with Crippen molar-refractivity contribution in [3.8, 4) is 5.75 Å². The van der Waals surface area contributed by atoms with Crippen LogP contribution in [0.4, 0.5) is 0 Å². The molecule has 5 rings (SSSR count). The van der Waals surface area contributed by atoms with E-state index < -0.39 is 158 Å². The standard InChI is InChI=1S/C42H58N8O13S/c1-5-19(2)36-40(61)45-14-34(57)46-28-18-64-41-26(25-7-6-24(63-4)13-27(25)47-41)8-21(38(59)44-15-35(58)48-36)9-31(54)37(20(3)32(55)17-51)49-39(60)29-12-23(52)16-50(29)42(62)22(10-30(28)53)11-33(43)56/h6-7,13,19-23,28-29,32,36-37,47,51-52,55H,5,8-12,14-18H2,1-4H3,(H2,43,56)(H,44,59)(H,45,61)(H,46,57)(H,48,58)(H,49,60)/t19-,20-,21+,22-,23+,28-,29?,32-,36-,37+/m0/s1. The van der Waals surface area contributed by atoms with Crippen molar-refractivity contribution in [2.75, 3.05) is 39.1 Å². The van der Waals surface area contributed by atoms with E-state index in [2.05, 4.69) is 31.6 Å². The number of rotatable bonds is 8. The number of nitrogens with two attached hydrogens (primary N) is 1. The lowest BCUT2D eigenvalue weighted by Gasteiger charge is -2.32. The largest absolute Gasteiger partial charge is 0.497 e. The summed E-state index contributed by atoms with van der Waals surface area (Å²) in [5.74, 6) is -11.4. The van der Waals surface area contributed by atoms with E-state index in [1.807, 2.05) is 0 Å². The number of fused-ring (bicyclic) bond motifs is 5. The summed E-state index contributed by atoms with van der Waals surface area (Å²) in [4.78, 5) is 129. The molecule has 2 bridgehead atoms. The second-order valence-electron chi connectivity index (χ2n) is 16.7. The predicted octanol–water partition coefficient (Wildman–Crippen LogP) is -2.45. The van der Waals surface area contributed by atoms with Crippen LogP contribution in [-0.4, -0.2) is 154 Å². The zero-order valence-electron chi connectivity index (χ0n) is 36.1. The molecule has 0 radical (unpaired) electrons. The number of nitrogens with zero attached hydrogens (tertiary/aromatic N) is 1. The van der Waals surface area contributed by atoms with Crippen molar-refractivity contribution < 1.29 is 63.2 Å². The number of methoxy groups -OCH3 is 1. The Morgan fingerprint density at radius 3 is 2.27 bits per heavy atom. The number of aliphatic hydroxyl groups excluding tert-OH is 3. The highest BCUT2D eigenvalue weighted by molar-refractivity contribution is 7.99. The van der Waals surface area contributed by atoms with Crippen LogP contribution in [0.1, 0.15) is 58.4 Å². The Kier molecular flexibility index (Phi) is 16.9. The lowest BCUT2D eigenvalue weighted by Crippen LogP contribution is -2.56. The molecule has 3 aliphatic rings. The number of aliphatic hydroxyl groups is 3. The molecular weight excluding hydrogens is 857 g/mol. The molecule has 4 heterocycles. The maximum Gasteiger partial charge on any atom is 0.243 e. The van der Waals surface area contributed by atoms with Crippen molar-refractivity contribution >= 4 is 75.6 Å². The molecule has 10 atom stereocenters. The monoisotopic (exact) mass is 914 g/mol. The maximum atomic E-state index is 14.6. The molecule has 0 aliphatic carbocycles. The van der Waals surface area contributed by atoms with Crippen molar-refractivity contribution in [3.05, 3.63) is 23.8 Å². The average molecular weight is 915 g/mol. The van der Waals surface area contributed by atoms with Gasteiger partial charge in [-0.05, 0) is 30.0 Å². The number of benzene rings is 1. The summed E-state index contributed by atoms with van der Waals surface area (Å²) in [7, 11) is 1.47. The van der Waals surface area contributed by atoms with Gasteiger partial charge in [0.15, 0.2) is 11.6 Å². The minimum atomic E-state index is -1.57. The molecule has 3 aliphatic heterocycles. The summed E-state index contributed by atoms with van der Waals surface area (Å²) in [6.45, 7) is 2.42. The van der Waals surface area contributed by atoms with Crippen molar-refractivity contribution in [2.24, 2.45) is 29.4 Å². The van der Waals surface area contributed by atoms with Crippen LogP contribution in [0.25, 0.3) is 10.9 Å². The fourth-order valence-electron chi connectivity index (χ4n) is 8.24. The number of ketones is 2. The van der Waals surface area contributed by atoms with Gasteiger partial charge in [-0.25, -0.2) is 0 Å². The molecule has 64 heavy (non-hydrogen) atoms. The van der Waals surface area contributed by atoms with Gasteiger partial charge in [0.2, 0.25) is 41.4 Å². The Morgan fingerprint density at radius 2 is 1.61 bits per heavy atom. The second-order valence-corrected chi connectivity index (χ2v) is 17.8. The van der Waals surface area contributed by atoms with Crippen molar-refractivity contribution in [1.82, 2.24) is 36.5 Å². The van der Waals surface area contributed by atoms with Crippen LogP contribution in [0.2, 0.25) is 0 Å². The van der Waals surface area contributed by atoms with Gasteiger partial charge in [-0.2, -0.15) is 0 Å². The third kappa shape index (κ3) is 12.0. The number of carbonyl (C=O) groups excluding carboxylic acids is 9. The first-order valence-corrected chi connectivity index (χ1v) is 22.2. The summed E-state index contributed by atoms with van der Waals surface area (Å²) in [6, 6.07) is -0.463. The molecule has 7 amide bonds. The van der Waals surface area contributed by atoms with Crippen LogP contribution in [0.15, 0.2) is 23.2 Å². The number of Topliss-reactive ketones (excluding diaryl/α,β-unsaturated/α-hetero) is 2. The molecule has 11 N–H and O–H groups in total. The summed E-state index contributed by atoms with van der Waals surface area (Å²) < 4.78 is 5.43. The Labute approximate surface area is 373 Å². The van der Waals surface area contributed by atoms with E-state index in [9.17, 15) is 58.5 Å². The zero-order valence-corrected chi connectivity index (χ0v) is 37.0. The molecule has 1 aromatic heterocycles. The number of carbonyl (C=O) groups is 9. The molecule has 0 saturated carbocycles. The number of amides is 7. The molecule has 22 heteroatoms. The first-order chi connectivity index (χ1) is 30.3. The van der Waals surface area contributed by atoms with Gasteiger partial charge in [0.25, 0.3) is 0 Å². The van der Waals surface area contributed by atoms with Crippen LogP contribution in [-0.2, 0) is 49.6 Å². The molecule has 1 unspecified atom stereocenters. The van der Waals surface area contributed by atoms with Gasteiger partial charge in [-0.1, -0.05) is 27.2 Å². The highest BCUT2D eigenvalue weighted by atomic mass is 32.2. The highest BCUT2D eigenvalue weighted by Crippen LogP contribution is 2.35. The minimum absolute atomic E-state index is 0.174. The molecule has 1 aromatic carbocycles. The lowest BCUT2D eigenvalue weighted by molar-refractivity contribution is -0.145. The highest BCUT2D eigenvalue weighted by Gasteiger charge is 2.45. The van der Waals surface area contributed by atoms with Gasteiger partial charge < -0.3 is 62.3 Å². The van der Waals surface area contributed by atoms with Gasteiger partial charge in [-0.15, -0.1) is 11.8 Å². The molecule has 0 spiro atoms. The summed E-state index contributed by atoms with van der Waals surface area (Å²) >= 11 is 1.07. The van der Waals surface area contributed by atoms with Crippen LogP contribution in [0.5, 0.6) is 5.75 Å². The molecule has 1 fully saturated rings. The number of hydrogen-bond donors (Lipinski definition) is 10. The molecule has 1 saturated heterocycles. The Morgan fingerprint density at radius 1 is 0.922 bits per heavy atom. The fraction of sp³-hybridized carbons (Fsp3) is 0.595. The molecule has 21 nitrogen and oxygen atoms in total. The van der Waals surface area contributed by atoms with Gasteiger partial charge in [0.05, 0.1) is 67.6 Å². The number of nitrogens with one attached hydrogen (secondary N) is 6. The van der Waals surface area contributed by atoms with Crippen molar-refractivity contribution in [3.63, 3.8) is 0 Å². The van der Waals surface area contributed by atoms with Gasteiger partial charge in [-0.3, -0.25) is 43.2 Å². The topological polar surface area (TPSA) is 329 Å². The van der Waals surface area contributed by atoms with Crippen LogP contribution >= 0.6 is 11.8 Å². The van der Waals surface area contributed by atoms with E-state index in [0.29, 0.717) is 33.7 Å². The van der Waals surface area contributed by atoms with Crippen LogP contribution < -0.4 is 37.1 Å². The third-order valence-corrected chi connectivity index (χ3v) is 13.3. The first kappa shape index (κ1) is 49.4. The van der Waals surface area contributed by atoms with E-state index in [4.69, 9.17) is 10.5 Å². The normalized spacial score (nSPS) is 27.5. The van der Waals surface area contributed by atoms with Crippen LogP contribution in [0, 0.1) is 23.7 Å². The number of thioether (sulfide) groups is 1. The number of ether oxygens (including phenoxy) is 1. The maximum absolute atomic E-state index is 14.6. The Balaban J connectivity index is 1.71. The van der Waals surface area contributed by atoms with Gasteiger partial charge >= 0.3 is 0 Å². The number of aromatic amines is 1. The van der Waals surface area contributed by atoms with E-state index in [-0.39, 0.29) is 18.6 Å². The smallest absolute Gasteiger partial charge is 0.243 e. The van der Waals surface area contributed by atoms with E-state index >= 15 is 0 Å². The van der Waals surface area contributed by atoms with Crippen LogP contribution in [0.3, 0.4) is 0 Å². The first-order valence-electron chi connectivity index (χ1n) is 21.2. The SMILES string of the molecule is CC[C@H](C)[C@@H]1NC(=O)CNC(=O)[C@H]2CC(=O)[C@@H]([C@@H](C)[C@@H](O)CO)NC(=O)C3C[C@@H](O)CN3C(=O)[C@H](CC(N)=O)CC(=O)[C@H](CSc3[nH]c4cc(OC)ccc4c3C2)NC(=O)CNC1=O. The Bertz CT molecular complexity index is 2130. The van der Waals surface area contributed by atoms with E-state index in [1.165, 1.54) is 14.0 Å². The molecule has 350 valence electrons. The number of aromatic nitrogens is 1. The lowest BCUT2D eigenvalue weighted by atomic mass is 9.85. The number of H-pyrrole nitrogens is 1. The summed E-state index contributed by atoms with van der Waals surface area (Å²) in [5, 5.41) is 45.4.